The molecule has 0 aromatic heterocycles. The van der Waals surface area contributed by atoms with Crippen LogP contribution < -0.4 is 39.0 Å². The van der Waals surface area contributed by atoms with Crippen LogP contribution in [0.5, 0.6) is 0 Å². The van der Waals surface area contributed by atoms with Crippen LogP contribution in [-0.2, 0) is 22.2 Å². The number of hydrogen-bond acceptors (Lipinski definition) is 1. The number of amides is 1. The van der Waals surface area contributed by atoms with Gasteiger partial charge in [-0.15, -0.1) is 0 Å². The Bertz CT molecular complexity index is 1140. The van der Waals surface area contributed by atoms with Gasteiger partial charge in [-0.2, -0.15) is 0 Å². The van der Waals surface area contributed by atoms with Gasteiger partial charge in [-0.25, -0.2) is 0 Å². The average Bonchev–Trinajstić information content (AvgIpc) is 3.61. The van der Waals surface area contributed by atoms with E-state index in [9.17, 15) is 4.79 Å². The third-order valence-electron chi connectivity index (χ3n) is 8.05. The maximum atomic E-state index is 13.8. The van der Waals surface area contributed by atoms with Gasteiger partial charge < -0.3 is 24.8 Å². The van der Waals surface area contributed by atoms with Crippen molar-refractivity contribution in [3.05, 3.63) is 102 Å². The summed E-state index contributed by atoms with van der Waals surface area (Å²) in [6.45, 7) is -1.61. The molecule has 4 unspecified atom stereocenters. The molecule has 0 saturated heterocycles. The molecule has 179 valence electrons. The zero-order valence-electron chi connectivity index (χ0n) is 19.6. The van der Waals surface area contributed by atoms with Crippen molar-refractivity contribution in [2.24, 2.45) is 17.8 Å². The Kier molecular flexibility index (Phi) is 8.78. The number of hydrogen-bond donors (Lipinski definition) is 1. The fourth-order valence-corrected chi connectivity index (χ4v) is 21.0. The van der Waals surface area contributed by atoms with Gasteiger partial charge in [0, 0.05) is 0 Å². The first-order valence-electron chi connectivity index (χ1n) is 12.3. The Labute approximate surface area is 228 Å². The molecule has 3 aliphatic carbocycles. The summed E-state index contributed by atoms with van der Waals surface area (Å²) >= 11 is -2.15. The van der Waals surface area contributed by atoms with Crippen molar-refractivity contribution in [1.29, 1.82) is 0 Å². The Hall–Kier alpha value is -1.62. The molecule has 3 aromatic carbocycles. The van der Waals surface area contributed by atoms with E-state index in [0.29, 0.717) is 16.0 Å². The largest absolute Gasteiger partial charge is 1.00 e. The Morgan fingerprint density at radius 1 is 0.800 bits per heavy atom. The summed E-state index contributed by atoms with van der Waals surface area (Å²) in [4.78, 5) is 13.8. The van der Waals surface area contributed by atoms with E-state index in [-0.39, 0.29) is 30.7 Å². The van der Waals surface area contributed by atoms with Crippen LogP contribution in [0.15, 0.2) is 91.0 Å². The first-order chi connectivity index (χ1) is 16.3. The summed E-state index contributed by atoms with van der Waals surface area (Å²) in [6, 6.07) is 30.9. The van der Waals surface area contributed by atoms with Gasteiger partial charge in [-0.3, -0.25) is 0 Å². The molecule has 2 saturated carbocycles. The third kappa shape index (κ3) is 5.26. The van der Waals surface area contributed by atoms with E-state index >= 15 is 0 Å². The summed E-state index contributed by atoms with van der Waals surface area (Å²) < 4.78 is 4.24. The molecule has 0 heterocycles. The molecule has 4 atom stereocenters. The van der Waals surface area contributed by atoms with Gasteiger partial charge in [0.2, 0.25) is 0 Å². The van der Waals surface area contributed by atoms with E-state index in [0.717, 1.165) is 12.3 Å². The Morgan fingerprint density at radius 3 is 2.03 bits per heavy atom. The number of allylic oxidation sites excluding steroid dienone is 1. The van der Waals surface area contributed by atoms with Gasteiger partial charge >= 0.3 is 205 Å². The van der Waals surface area contributed by atoms with Crippen molar-refractivity contribution in [3.8, 4) is 0 Å². The van der Waals surface area contributed by atoms with E-state index in [1.165, 1.54) is 40.8 Å². The van der Waals surface area contributed by atoms with E-state index in [1.807, 2.05) is 0 Å². The number of benzene rings is 3. The summed E-state index contributed by atoms with van der Waals surface area (Å²) in [5.74, 6) is 2.03. The van der Waals surface area contributed by atoms with Gasteiger partial charge in [-0.1, -0.05) is 0 Å². The molecule has 2 bridgehead atoms. The molecule has 3 aliphatic rings. The monoisotopic (exact) mass is 554 g/mol. The van der Waals surface area contributed by atoms with E-state index in [1.54, 1.807) is 0 Å². The van der Waals surface area contributed by atoms with Crippen LogP contribution in [0.3, 0.4) is 0 Å². The van der Waals surface area contributed by atoms with Crippen molar-refractivity contribution in [2.45, 2.75) is 29.9 Å². The summed E-state index contributed by atoms with van der Waals surface area (Å²) in [7, 11) is 0. The van der Waals surface area contributed by atoms with Crippen LogP contribution in [-0.4, -0.2) is 12.6 Å². The second-order valence-corrected chi connectivity index (χ2v) is 20.2. The molecular formula is C29H30Cl2NOSiTi. The molecule has 6 heteroatoms. The van der Waals surface area contributed by atoms with Gasteiger partial charge in [0.1, 0.15) is 0 Å². The van der Waals surface area contributed by atoms with Crippen molar-refractivity contribution in [3.63, 3.8) is 0 Å². The van der Waals surface area contributed by atoms with Crippen LogP contribution in [0.25, 0.3) is 6.08 Å². The molecular weight excluding hydrogens is 525 g/mol. The fourth-order valence-electron chi connectivity index (χ4n) is 6.49. The molecule has 2 nitrogen and oxygen atoms in total. The molecule has 0 radical (unpaired) electrons. The zero-order chi connectivity index (χ0) is 22.2. The standard InChI is InChI=1S/C12H11Si.C9H7.C8H13NO.2ClH.Ti/c1-3-7-11(8-4-1)13-12-9-5-2-6-10-12;1-2-5-9-7-3-6-8(9)4-1;9-8(10)7-4-5-1-2-6(7)3-5;;;/h1-10,13H;1-7H;5-7H,1-4H2,(H2,9,10);2*1H;/q;;;;;+3/p-3. The maximum Gasteiger partial charge on any atom is -1.00 e. The van der Waals surface area contributed by atoms with Crippen molar-refractivity contribution in [1.82, 2.24) is 3.80 Å². The van der Waals surface area contributed by atoms with E-state index in [4.69, 9.17) is 0 Å². The zero-order valence-corrected chi connectivity index (χ0v) is 23.8. The van der Waals surface area contributed by atoms with Crippen LogP contribution in [0.4, 0.5) is 0 Å². The molecule has 3 aromatic rings. The Morgan fingerprint density at radius 2 is 1.43 bits per heavy atom. The first kappa shape index (κ1) is 26.4. The average molecular weight is 555 g/mol. The third-order valence-corrected chi connectivity index (χ3v) is 21.6. The molecule has 0 spiro atoms. The van der Waals surface area contributed by atoms with Crippen LogP contribution in [0.1, 0.15) is 41.0 Å². The molecule has 2 fully saturated rings. The SMILES string of the molecule is O=C([NH][Ti+2]([CH]1C=Cc2ccccc21)[SiH](c1ccccc1)c1ccccc1)C1CC2CCC1C2.[Cl-].[Cl-]. The molecule has 0 aliphatic heterocycles. The van der Waals surface area contributed by atoms with Crippen LogP contribution >= 0.6 is 0 Å². The molecule has 6 rings (SSSR count). The topological polar surface area (TPSA) is 29.1 Å². The summed E-state index contributed by atoms with van der Waals surface area (Å²) in [6.07, 6.45) is 9.68. The predicted molar refractivity (Wildman–Crippen MR) is 135 cm³/mol. The molecule has 35 heavy (non-hydrogen) atoms. The molecule has 1 N–H and O–H groups in total. The van der Waals surface area contributed by atoms with Gasteiger partial charge in [-0.05, 0) is 0 Å². The van der Waals surface area contributed by atoms with Crippen LogP contribution in [0, 0.1) is 17.8 Å². The number of halogens is 2. The number of carbonyl (C=O) groups excluding carboxylic acids is 1. The minimum Gasteiger partial charge on any atom is -1.00 e. The maximum absolute atomic E-state index is 13.8. The smallest absolute Gasteiger partial charge is 1.00 e. The van der Waals surface area contributed by atoms with Crippen molar-refractivity contribution >= 4 is 29.0 Å². The van der Waals surface area contributed by atoms with Gasteiger partial charge in [0.15, 0.2) is 0 Å². The first-order valence-corrected chi connectivity index (χ1v) is 18.4. The van der Waals surface area contributed by atoms with Crippen molar-refractivity contribution in [2.75, 3.05) is 0 Å². The Balaban J connectivity index is 0.00000144. The predicted octanol–water partition coefficient (Wildman–Crippen LogP) is -1.61. The van der Waals surface area contributed by atoms with E-state index < -0.39 is 24.0 Å². The number of carbonyl (C=O) groups is 1. The minimum atomic E-state index is -2.15. The van der Waals surface area contributed by atoms with Gasteiger partial charge in [0.25, 0.3) is 0 Å². The molecule has 1 amide bonds. The normalized spacial score (nSPS) is 23.3. The minimum absolute atomic E-state index is 0. The van der Waals surface area contributed by atoms with E-state index in [2.05, 4.69) is 101 Å². The fraction of sp³-hybridized carbons (Fsp3) is 0.276. The van der Waals surface area contributed by atoms with Crippen LogP contribution in [0.2, 0.25) is 0 Å². The number of rotatable bonds is 6. The second kappa shape index (κ2) is 11.6. The summed E-state index contributed by atoms with van der Waals surface area (Å²) in [5, 5.41) is 2.93. The summed E-state index contributed by atoms with van der Waals surface area (Å²) in [5.41, 5.74) is 2.75. The number of fused-ring (bicyclic) bond motifs is 3. The van der Waals surface area contributed by atoms with Gasteiger partial charge in [0.05, 0.1) is 0 Å². The quantitative estimate of drug-likeness (QED) is 0.365. The number of nitrogens with one attached hydrogen (secondary N) is 1. The second-order valence-electron chi connectivity index (χ2n) is 9.95. The van der Waals surface area contributed by atoms with Crippen molar-refractivity contribution < 1.29 is 47.0 Å².